The Morgan fingerprint density at radius 1 is 1.36 bits per heavy atom. The summed E-state index contributed by atoms with van der Waals surface area (Å²) in [5.74, 6) is 0. The number of aromatic nitrogens is 5. The third-order valence-electron chi connectivity index (χ3n) is 3.15. The van der Waals surface area contributed by atoms with Crippen LogP contribution in [0.25, 0.3) is 16.7 Å². The molecule has 0 bridgehead atoms. The van der Waals surface area contributed by atoms with Gasteiger partial charge < -0.3 is 5.32 Å². The van der Waals surface area contributed by atoms with Gasteiger partial charge in [0.05, 0.1) is 4.92 Å². The second-order valence-corrected chi connectivity index (χ2v) is 6.18. The lowest BCUT2D eigenvalue weighted by Gasteiger charge is -2.20. The van der Waals surface area contributed by atoms with Gasteiger partial charge in [-0.2, -0.15) is 4.52 Å². The third kappa shape index (κ3) is 2.30. The summed E-state index contributed by atoms with van der Waals surface area (Å²) in [7, 11) is 0. The van der Waals surface area contributed by atoms with Crippen molar-refractivity contribution in [3.63, 3.8) is 0 Å². The number of hydrogen-bond acceptors (Lipinski definition) is 7. The quantitative estimate of drug-likeness (QED) is 0.582. The molecule has 0 saturated carbocycles. The summed E-state index contributed by atoms with van der Waals surface area (Å²) in [4.78, 5) is 15.3. The van der Waals surface area contributed by atoms with E-state index < -0.39 is 4.92 Å². The van der Waals surface area contributed by atoms with Crippen molar-refractivity contribution in [2.24, 2.45) is 5.41 Å². The van der Waals surface area contributed by atoms with E-state index >= 15 is 0 Å². The molecule has 0 aliphatic carbocycles. The zero-order valence-electron chi connectivity index (χ0n) is 12.4. The third-order valence-corrected chi connectivity index (χ3v) is 3.15. The van der Waals surface area contributed by atoms with Gasteiger partial charge in [0.25, 0.3) is 5.65 Å². The maximum atomic E-state index is 11.5. The minimum absolute atomic E-state index is 0.0412. The number of nitrogens with zero attached hydrogens (tertiary/aromatic N) is 6. The lowest BCUT2D eigenvalue weighted by Crippen LogP contribution is -2.20. The predicted molar refractivity (Wildman–Crippen MR) is 80.7 cm³/mol. The number of nitrogens with one attached hydrogen (secondary N) is 1. The minimum Gasteiger partial charge on any atom is -0.378 e. The summed E-state index contributed by atoms with van der Waals surface area (Å²) >= 11 is 0. The Labute approximate surface area is 125 Å². The molecular formula is C13H15N7O2. The van der Waals surface area contributed by atoms with Crippen LogP contribution in [0.3, 0.4) is 0 Å². The summed E-state index contributed by atoms with van der Waals surface area (Å²) in [5.41, 5.74) is 0.762. The molecule has 3 heterocycles. The zero-order chi connectivity index (χ0) is 15.9. The van der Waals surface area contributed by atoms with Crippen LogP contribution in [-0.2, 0) is 0 Å². The zero-order valence-corrected chi connectivity index (χ0v) is 12.4. The Morgan fingerprint density at radius 2 is 2.14 bits per heavy atom. The summed E-state index contributed by atoms with van der Waals surface area (Å²) in [6.45, 7) is 6.70. The van der Waals surface area contributed by atoms with Gasteiger partial charge in [0.15, 0.2) is 5.65 Å². The first kappa shape index (κ1) is 14.1. The van der Waals surface area contributed by atoms with Crippen molar-refractivity contribution in [1.29, 1.82) is 0 Å². The molecule has 3 rings (SSSR count). The molecule has 0 unspecified atom stereocenters. The fraction of sp³-hybridized carbons (Fsp3) is 0.385. The van der Waals surface area contributed by atoms with Crippen molar-refractivity contribution >= 4 is 28.1 Å². The summed E-state index contributed by atoms with van der Waals surface area (Å²) in [6.07, 6.45) is 1.60. The van der Waals surface area contributed by atoms with Crippen LogP contribution in [0.15, 0.2) is 18.3 Å². The van der Waals surface area contributed by atoms with Gasteiger partial charge in [-0.3, -0.25) is 10.1 Å². The molecule has 0 aliphatic rings. The molecule has 114 valence electrons. The van der Waals surface area contributed by atoms with E-state index in [1.807, 2.05) is 20.8 Å². The molecule has 0 aromatic carbocycles. The largest absolute Gasteiger partial charge is 0.378 e. The molecule has 0 aliphatic heterocycles. The number of hydrogen-bond donors (Lipinski definition) is 1. The Balaban J connectivity index is 2.33. The molecule has 0 saturated heterocycles. The highest BCUT2D eigenvalue weighted by Gasteiger charge is 2.27. The van der Waals surface area contributed by atoms with Gasteiger partial charge in [-0.25, -0.2) is 4.98 Å². The molecule has 9 heteroatoms. The van der Waals surface area contributed by atoms with Crippen molar-refractivity contribution in [3.05, 3.63) is 28.4 Å². The van der Waals surface area contributed by atoms with E-state index in [9.17, 15) is 10.1 Å². The van der Waals surface area contributed by atoms with Crippen LogP contribution < -0.4 is 5.32 Å². The SMILES string of the molecule is CC(C)(C)CNc1c([N+](=O)[O-])c2nnnn2c2ncccc12. The summed E-state index contributed by atoms with van der Waals surface area (Å²) in [6, 6.07) is 3.49. The maximum Gasteiger partial charge on any atom is 0.339 e. The van der Waals surface area contributed by atoms with Gasteiger partial charge in [-0.05, 0) is 28.0 Å². The summed E-state index contributed by atoms with van der Waals surface area (Å²) in [5, 5.41) is 26.4. The van der Waals surface area contributed by atoms with E-state index in [1.165, 1.54) is 4.52 Å². The number of tetrazole rings is 1. The fourth-order valence-corrected chi connectivity index (χ4v) is 2.18. The second-order valence-electron chi connectivity index (χ2n) is 6.18. The molecular weight excluding hydrogens is 286 g/mol. The Bertz CT molecular complexity index is 866. The van der Waals surface area contributed by atoms with E-state index in [4.69, 9.17) is 0 Å². The van der Waals surface area contributed by atoms with E-state index in [-0.39, 0.29) is 16.7 Å². The highest BCUT2D eigenvalue weighted by molar-refractivity contribution is 5.99. The average molecular weight is 301 g/mol. The number of pyridine rings is 2. The topological polar surface area (TPSA) is 111 Å². The predicted octanol–water partition coefficient (Wildman–Crippen LogP) is 2.04. The molecule has 3 aromatic rings. The molecule has 0 fully saturated rings. The van der Waals surface area contributed by atoms with E-state index in [0.717, 1.165) is 0 Å². The molecule has 0 amide bonds. The van der Waals surface area contributed by atoms with Crippen LogP contribution in [0.5, 0.6) is 0 Å². The van der Waals surface area contributed by atoms with Crippen molar-refractivity contribution in [3.8, 4) is 0 Å². The number of nitro groups is 1. The molecule has 3 aromatic heterocycles. The highest BCUT2D eigenvalue weighted by Crippen LogP contribution is 2.35. The van der Waals surface area contributed by atoms with Crippen molar-refractivity contribution in [2.45, 2.75) is 20.8 Å². The molecule has 0 radical (unpaired) electrons. The van der Waals surface area contributed by atoms with Crippen molar-refractivity contribution in [1.82, 2.24) is 25.0 Å². The van der Waals surface area contributed by atoms with Crippen LogP contribution in [0.4, 0.5) is 11.4 Å². The molecule has 22 heavy (non-hydrogen) atoms. The molecule has 0 spiro atoms. The lowest BCUT2D eigenvalue weighted by molar-refractivity contribution is -0.382. The van der Waals surface area contributed by atoms with Gasteiger partial charge in [0.2, 0.25) is 0 Å². The number of anilines is 1. The van der Waals surface area contributed by atoms with Crippen molar-refractivity contribution < 1.29 is 4.92 Å². The molecule has 9 nitrogen and oxygen atoms in total. The van der Waals surface area contributed by atoms with Crippen LogP contribution in [0, 0.1) is 15.5 Å². The first-order valence-corrected chi connectivity index (χ1v) is 6.75. The number of rotatable bonds is 3. The maximum absolute atomic E-state index is 11.5. The Kier molecular flexibility index (Phi) is 3.12. The fourth-order valence-electron chi connectivity index (χ4n) is 2.18. The Morgan fingerprint density at radius 3 is 2.82 bits per heavy atom. The van der Waals surface area contributed by atoms with Gasteiger partial charge >= 0.3 is 5.69 Å². The monoisotopic (exact) mass is 301 g/mol. The lowest BCUT2D eigenvalue weighted by atomic mass is 9.97. The average Bonchev–Trinajstić information content (AvgIpc) is 2.92. The Hall–Kier alpha value is -2.84. The summed E-state index contributed by atoms with van der Waals surface area (Å²) < 4.78 is 1.29. The van der Waals surface area contributed by atoms with E-state index in [2.05, 4.69) is 25.8 Å². The molecule has 1 N–H and O–H groups in total. The van der Waals surface area contributed by atoms with Crippen LogP contribution in [0.2, 0.25) is 0 Å². The van der Waals surface area contributed by atoms with Crippen molar-refractivity contribution in [2.75, 3.05) is 11.9 Å². The van der Waals surface area contributed by atoms with Gasteiger partial charge in [0.1, 0.15) is 5.69 Å². The number of fused-ring (bicyclic) bond motifs is 3. The normalized spacial score (nSPS) is 12.0. The van der Waals surface area contributed by atoms with Gasteiger partial charge in [0, 0.05) is 18.1 Å². The van der Waals surface area contributed by atoms with Crippen LogP contribution >= 0.6 is 0 Å². The minimum atomic E-state index is -0.469. The standard InChI is InChI=1S/C13H15N7O2/c1-13(2,3)7-15-9-8-5-4-6-14-11(8)19-12(16-17-18-19)10(9)20(21)22/h4-6,15H,7H2,1-3H3. The second kappa shape index (κ2) is 4.86. The van der Waals surface area contributed by atoms with Gasteiger partial charge in [-0.15, -0.1) is 5.10 Å². The van der Waals surface area contributed by atoms with E-state index in [1.54, 1.807) is 18.3 Å². The highest BCUT2D eigenvalue weighted by atomic mass is 16.6. The van der Waals surface area contributed by atoms with Crippen LogP contribution in [0.1, 0.15) is 20.8 Å². The first-order valence-electron chi connectivity index (χ1n) is 6.75. The molecule has 0 atom stereocenters. The van der Waals surface area contributed by atoms with Gasteiger partial charge in [-0.1, -0.05) is 20.8 Å². The van der Waals surface area contributed by atoms with Crippen LogP contribution in [-0.4, -0.2) is 36.5 Å². The van der Waals surface area contributed by atoms with E-state index in [0.29, 0.717) is 23.3 Å². The first-order chi connectivity index (χ1) is 10.4. The smallest absolute Gasteiger partial charge is 0.339 e.